The molecule has 3 unspecified atom stereocenters. The van der Waals surface area contributed by atoms with Crippen molar-refractivity contribution in [3.05, 3.63) is 32.7 Å². The van der Waals surface area contributed by atoms with Crippen molar-refractivity contribution in [2.75, 3.05) is 19.8 Å². The molecule has 1 spiro atoms. The summed E-state index contributed by atoms with van der Waals surface area (Å²) in [5.74, 6) is 0.235. The lowest BCUT2D eigenvalue weighted by Crippen LogP contribution is -2.41. The highest BCUT2D eigenvalue weighted by Crippen LogP contribution is 2.41. The molecule has 110 valence electrons. The van der Waals surface area contributed by atoms with Gasteiger partial charge in [0.25, 0.3) is 0 Å². The Labute approximate surface area is 135 Å². The summed E-state index contributed by atoms with van der Waals surface area (Å²) in [5, 5.41) is 10.7. The number of hydrogen-bond donors (Lipinski definition) is 1. The van der Waals surface area contributed by atoms with Crippen molar-refractivity contribution in [3.8, 4) is 0 Å². The van der Waals surface area contributed by atoms with Gasteiger partial charge in [0.15, 0.2) is 0 Å². The van der Waals surface area contributed by atoms with E-state index in [1.807, 2.05) is 18.2 Å². The molecule has 2 saturated heterocycles. The SMILES string of the molecule is OC(c1ccc(Br)c(Br)c1)C1CCOC2(CCOC2)C1. The zero-order valence-corrected chi connectivity index (χ0v) is 14.3. The molecule has 0 bridgehead atoms. The van der Waals surface area contributed by atoms with Gasteiger partial charge in [-0.2, -0.15) is 0 Å². The largest absolute Gasteiger partial charge is 0.388 e. The topological polar surface area (TPSA) is 38.7 Å². The van der Waals surface area contributed by atoms with E-state index < -0.39 is 6.10 Å². The van der Waals surface area contributed by atoms with Crippen molar-refractivity contribution in [1.29, 1.82) is 0 Å². The maximum Gasteiger partial charge on any atom is 0.0940 e. The first-order valence-corrected chi connectivity index (χ1v) is 8.53. The molecule has 3 rings (SSSR count). The second-order valence-electron chi connectivity index (χ2n) is 5.71. The van der Waals surface area contributed by atoms with E-state index >= 15 is 0 Å². The average molecular weight is 406 g/mol. The zero-order valence-electron chi connectivity index (χ0n) is 11.1. The molecule has 20 heavy (non-hydrogen) atoms. The molecular weight excluding hydrogens is 388 g/mol. The highest BCUT2D eigenvalue weighted by Gasteiger charge is 2.42. The molecule has 1 N–H and O–H groups in total. The van der Waals surface area contributed by atoms with Crippen LogP contribution in [-0.4, -0.2) is 30.5 Å². The van der Waals surface area contributed by atoms with Crippen molar-refractivity contribution >= 4 is 31.9 Å². The van der Waals surface area contributed by atoms with Crippen molar-refractivity contribution in [2.24, 2.45) is 5.92 Å². The summed E-state index contributed by atoms with van der Waals surface area (Å²) < 4.78 is 13.4. The Kier molecular flexibility index (Phi) is 4.53. The van der Waals surface area contributed by atoms with E-state index in [1.54, 1.807) is 0 Å². The molecule has 2 heterocycles. The van der Waals surface area contributed by atoms with E-state index in [-0.39, 0.29) is 11.5 Å². The van der Waals surface area contributed by atoms with Crippen LogP contribution in [0.15, 0.2) is 27.1 Å². The molecule has 5 heteroatoms. The van der Waals surface area contributed by atoms with Gasteiger partial charge in [-0.1, -0.05) is 6.07 Å². The van der Waals surface area contributed by atoms with Gasteiger partial charge in [-0.05, 0) is 68.3 Å². The summed E-state index contributed by atoms with van der Waals surface area (Å²) in [6.07, 6.45) is 2.28. The molecule has 0 amide bonds. The highest BCUT2D eigenvalue weighted by molar-refractivity contribution is 9.13. The van der Waals surface area contributed by atoms with Gasteiger partial charge in [0.05, 0.1) is 18.3 Å². The predicted octanol–water partition coefficient (Wildman–Crippen LogP) is 3.83. The smallest absolute Gasteiger partial charge is 0.0940 e. The highest BCUT2D eigenvalue weighted by atomic mass is 79.9. The van der Waals surface area contributed by atoms with Crippen LogP contribution in [0.4, 0.5) is 0 Å². The minimum atomic E-state index is -0.444. The number of aliphatic hydroxyl groups excluding tert-OH is 1. The Balaban J connectivity index is 1.75. The first kappa shape index (κ1) is 15.0. The normalized spacial score (nSPS) is 31.6. The molecule has 3 atom stereocenters. The summed E-state index contributed by atoms with van der Waals surface area (Å²) in [6, 6.07) is 5.94. The number of rotatable bonds is 2. The first-order valence-electron chi connectivity index (χ1n) is 6.94. The lowest BCUT2D eigenvalue weighted by molar-refractivity contribution is -0.117. The summed E-state index contributed by atoms with van der Waals surface area (Å²) in [5.41, 5.74) is 0.803. The molecule has 1 aromatic rings. The quantitative estimate of drug-likeness (QED) is 0.812. The van der Waals surface area contributed by atoms with E-state index in [0.717, 1.165) is 40.4 Å². The first-order chi connectivity index (χ1) is 9.60. The van der Waals surface area contributed by atoms with Gasteiger partial charge in [-0.25, -0.2) is 0 Å². The predicted molar refractivity (Wildman–Crippen MR) is 83.6 cm³/mol. The molecule has 1 aromatic carbocycles. The molecule has 3 nitrogen and oxygen atoms in total. The Morgan fingerprint density at radius 1 is 1.25 bits per heavy atom. The second kappa shape index (κ2) is 6.05. The van der Waals surface area contributed by atoms with Gasteiger partial charge in [-0.15, -0.1) is 0 Å². The summed E-state index contributed by atoms with van der Waals surface area (Å²) in [4.78, 5) is 0. The molecule has 0 aliphatic carbocycles. The summed E-state index contributed by atoms with van der Waals surface area (Å²) in [7, 11) is 0. The van der Waals surface area contributed by atoms with Crippen molar-refractivity contribution < 1.29 is 14.6 Å². The Morgan fingerprint density at radius 2 is 2.10 bits per heavy atom. The second-order valence-corrected chi connectivity index (χ2v) is 7.41. The third-order valence-electron chi connectivity index (χ3n) is 4.33. The van der Waals surface area contributed by atoms with Crippen LogP contribution in [-0.2, 0) is 9.47 Å². The fraction of sp³-hybridized carbons (Fsp3) is 0.600. The number of halogens is 2. The third kappa shape index (κ3) is 2.97. The fourth-order valence-electron chi connectivity index (χ4n) is 3.17. The van der Waals surface area contributed by atoms with Crippen molar-refractivity contribution in [1.82, 2.24) is 0 Å². The minimum Gasteiger partial charge on any atom is -0.388 e. The van der Waals surface area contributed by atoms with Gasteiger partial charge in [0, 0.05) is 28.6 Å². The summed E-state index contributed by atoms with van der Waals surface area (Å²) >= 11 is 6.95. The average Bonchev–Trinajstić information content (AvgIpc) is 2.89. The third-order valence-corrected chi connectivity index (χ3v) is 6.21. The van der Waals surface area contributed by atoms with Gasteiger partial charge in [-0.3, -0.25) is 0 Å². The molecule has 0 aromatic heterocycles. The molecule has 2 aliphatic heterocycles. The van der Waals surface area contributed by atoms with E-state index in [1.165, 1.54) is 0 Å². The zero-order chi connectivity index (χ0) is 14.2. The molecule has 2 fully saturated rings. The maximum atomic E-state index is 10.7. The van der Waals surface area contributed by atoms with E-state index in [4.69, 9.17) is 9.47 Å². The monoisotopic (exact) mass is 404 g/mol. The van der Waals surface area contributed by atoms with Crippen LogP contribution < -0.4 is 0 Å². The molecular formula is C15H18Br2O3. The van der Waals surface area contributed by atoms with Gasteiger partial charge in [0.2, 0.25) is 0 Å². The molecule has 2 aliphatic rings. The molecule has 0 saturated carbocycles. The van der Waals surface area contributed by atoms with Gasteiger partial charge < -0.3 is 14.6 Å². The van der Waals surface area contributed by atoms with Gasteiger partial charge >= 0.3 is 0 Å². The summed E-state index contributed by atoms with van der Waals surface area (Å²) in [6.45, 7) is 2.15. The van der Waals surface area contributed by atoms with Crippen LogP contribution in [0.25, 0.3) is 0 Å². The number of aliphatic hydroxyl groups is 1. The van der Waals surface area contributed by atoms with Crippen LogP contribution in [0.5, 0.6) is 0 Å². The number of hydrogen-bond acceptors (Lipinski definition) is 3. The minimum absolute atomic E-state index is 0.156. The van der Waals surface area contributed by atoms with E-state index in [0.29, 0.717) is 13.2 Å². The number of ether oxygens (including phenoxy) is 2. The maximum absolute atomic E-state index is 10.7. The lowest BCUT2D eigenvalue weighted by atomic mass is 9.80. The van der Waals surface area contributed by atoms with Crippen LogP contribution in [0.2, 0.25) is 0 Å². The van der Waals surface area contributed by atoms with Crippen LogP contribution in [0.3, 0.4) is 0 Å². The van der Waals surface area contributed by atoms with E-state index in [2.05, 4.69) is 31.9 Å². The van der Waals surface area contributed by atoms with Crippen molar-refractivity contribution in [3.63, 3.8) is 0 Å². The molecule has 0 radical (unpaired) electrons. The standard InChI is InChI=1S/C15H18Br2O3/c16-12-2-1-10(7-13(12)17)14(18)11-3-5-20-15(8-11)4-6-19-9-15/h1-2,7,11,14,18H,3-6,8-9H2. The fourth-order valence-corrected chi connectivity index (χ4v) is 3.81. The van der Waals surface area contributed by atoms with Gasteiger partial charge in [0.1, 0.15) is 0 Å². The van der Waals surface area contributed by atoms with Crippen LogP contribution in [0, 0.1) is 5.92 Å². The Bertz CT molecular complexity index is 486. The Morgan fingerprint density at radius 3 is 2.80 bits per heavy atom. The Hall–Kier alpha value is 0.0600. The van der Waals surface area contributed by atoms with Crippen LogP contribution >= 0.6 is 31.9 Å². The lowest BCUT2D eigenvalue weighted by Gasteiger charge is -2.39. The van der Waals surface area contributed by atoms with E-state index in [9.17, 15) is 5.11 Å². The van der Waals surface area contributed by atoms with Crippen LogP contribution in [0.1, 0.15) is 30.9 Å². The van der Waals surface area contributed by atoms with Crippen molar-refractivity contribution in [2.45, 2.75) is 31.0 Å². The number of benzene rings is 1.